The Kier molecular flexibility index (Phi) is 6.84. The van der Waals surface area contributed by atoms with Crippen molar-refractivity contribution >= 4 is 44.0 Å². The van der Waals surface area contributed by atoms with Crippen molar-refractivity contribution < 1.29 is 17.9 Å². The number of benzene rings is 3. The molecule has 8 heteroatoms. The number of ether oxygens (including phenoxy) is 1. The zero-order valence-corrected chi connectivity index (χ0v) is 18.3. The van der Waals surface area contributed by atoms with E-state index < -0.39 is 15.9 Å². The molecule has 30 heavy (non-hydrogen) atoms. The molecule has 0 bridgehead atoms. The minimum atomic E-state index is -3.66. The van der Waals surface area contributed by atoms with Crippen LogP contribution in [0.2, 0.25) is 5.02 Å². The lowest BCUT2D eigenvalue weighted by molar-refractivity contribution is -0.119. The first kappa shape index (κ1) is 21.9. The van der Waals surface area contributed by atoms with Crippen molar-refractivity contribution in [3.63, 3.8) is 0 Å². The van der Waals surface area contributed by atoms with E-state index in [1.54, 1.807) is 24.3 Å². The van der Waals surface area contributed by atoms with Crippen molar-refractivity contribution in [2.45, 2.75) is 6.92 Å². The average molecular weight is 447 g/mol. The summed E-state index contributed by atoms with van der Waals surface area (Å²) < 4.78 is 31.5. The highest BCUT2D eigenvalue weighted by Gasteiger charge is 2.22. The van der Waals surface area contributed by atoms with Gasteiger partial charge in [0.05, 0.1) is 18.5 Å². The van der Waals surface area contributed by atoms with Crippen LogP contribution >= 0.6 is 11.6 Å². The maximum Gasteiger partial charge on any atom is 0.240 e. The monoisotopic (exact) mass is 446 g/mol. The number of fused-ring (bicyclic) bond motifs is 1. The second-order valence-electron chi connectivity index (χ2n) is 6.88. The number of amides is 1. The number of carbonyl (C=O) groups is 1. The first-order chi connectivity index (χ1) is 14.3. The van der Waals surface area contributed by atoms with Crippen molar-refractivity contribution in [2.24, 2.45) is 0 Å². The number of rotatable bonds is 8. The van der Waals surface area contributed by atoms with Crippen LogP contribution in [0.5, 0.6) is 5.75 Å². The molecule has 158 valence electrons. The molecule has 1 N–H and O–H groups in total. The smallest absolute Gasteiger partial charge is 0.240 e. The van der Waals surface area contributed by atoms with Gasteiger partial charge in [-0.2, -0.15) is 0 Å². The number of aryl methyl sites for hydroxylation is 1. The van der Waals surface area contributed by atoms with E-state index in [0.717, 1.165) is 26.9 Å². The number of sulfonamides is 1. The SMILES string of the molecule is Cc1ccc(OCCNC(=O)CN(c2cccc3ccccc23)S(C)(=O)=O)cc1Cl. The van der Waals surface area contributed by atoms with Gasteiger partial charge in [-0.15, -0.1) is 0 Å². The number of nitrogens with zero attached hydrogens (tertiary/aromatic N) is 1. The summed E-state index contributed by atoms with van der Waals surface area (Å²) in [6.45, 7) is 2.05. The first-order valence-corrected chi connectivity index (χ1v) is 11.6. The van der Waals surface area contributed by atoms with Crippen LogP contribution < -0.4 is 14.4 Å². The molecule has 6 nitrogen and oxygen atoms in total. The zero-order chi connectivity index (χ0) is 21.7. The second-order valence-corrected chi connectivity index (χ2v) is 9.19. The number of carbonyl (C=O) groups excluding carboxylic acids is 1. The summed E-state index contributed by atoms with van der Waals surface area (Å²) in [5.41, 5.74) is 1.42. The molecule has 0 saturated carbocycles. The van der Waals surface area contributed by atoms with E-state index in [2.05, 4.69) is 5.32 Å². The van der Waals surface area contributed by atoms with E-state index in [9.17, 15) is 13.2 Å². The molecule has 0 saturated heterocycles. The summed E-state index contributed by atoms with van der Waals surface area (Å²) in [4.78, 5) is 12.4. The zero-order valence-electron chi connectivity index (χ0n) is 16.8. The normalized spacial score (nSPS) is 11.3. The largest absolute Gasteiger partial charge is 0.492 e. The van der Waals surface area contributed by atoms with Gasteiger partial charge in [0, 0.05) is 10.4 Å². The van der Waals surface area contributed by atoms with Crippen LogP contribution in [0.25, 0.3) is 10.8 Å². The lowest BCUT2D eigenvalue weighted by Crippen LogP contribution is -2.41. The summed E-state index contributed by atoms with van der Waals surface area (Å²) in [6, 6.07) is 18.2. The van der Waals surface area contributed by atoms with Gasteiger partial charge >= 0.3 is 0 Å². The molecule has 0 unspecified atom stereocenters. The molecule has 0 aromatic heterocycles. The van der Waals surface area contributed by atoms with E-state index in [-0.39, 0.29) is 19.7 Å². The summed E-state index contributed by atoms with van der Waals surface area (Å²) in [7, 11) is -3.66. The predicted octanol–water partition coefficient (Wildman–Crippen LogP) is 3.76. The molecular weight excluding hydrogens is 424 g/mol. The topological polar surface area (TPSA) is 75.7 Å². The minimum Gasteiger partial charge on any atom is -0.492 e. The highest BCUT2D eigenvalue weighted by molar-refractivity contribution is 7.92. The fourth-order valence-electron chi connectivity index (χ4n) is 3.02. The van der Waals surface area contributed by atoms with Gasteiger partial charge in [-0.3, -0.25) is 9.10 Å². The standard InChI is InChI=1S/C22H23ClN2O4S/c1-16-10-11-18(14-20(16)23)29-13-12-24-22(26)15-25(30(2,27)28)21-9-5-7-17-6-3-4-8-19(17)21/h3-11,14H,12-13,15H2,1-2H3,(H,24,26). The number of hydrogen-bond acceptors (Lipinski definition) is 4. The van der Waals surface area contributed by atoms with Gasteiger partial charge < -0.3 is 10.1 Å². The van der Waals surface area contributed by atoms with Crippen molar-refractivity contribution in [3.05, 3.63) is 71.2 Å². The molecule has 0 aliphatic rings. The fourth-order valence-corrected chi connectivity index (χ4v) is 4.05. The van der Waals surface area contributed by atoms with Gasteiger partial charge in [-0.1, -0.05) is 54.1 Å². The Morgan fingerprint density at radius 1 is 1.10 bits per heavy atom. The molecule has 3 aromatic rings. The molecule has 0 heterocycles. The average Bonchev–Trinajstić information content (AvgIpc) is 2.71. The van der Waals surface area contributed by atoms with Crippen LogP contribution in [0.3, 0.4) is 0 Å². The van der Waals surface area contributed by atoms with E-state index in [0.29, 0.717) is 16.5 Å². The van der Waals surface area contributed by atoms with Gasteiger partial charge in [-0.05, 0) is 36.1 Å². The predicted molar refractivity (Wildman–Crippen MR) is 121 cm³/mol. The summed E-state index contributed by atoms with van der Waals surface area (Å²) >= 11 is 6.06. The van der Waals surface area contributed by atoms with Crippen molar-refractivity contribution in [3.8, 4) is 5.75 Å². The van der Waals surface area contributed by atoms with Crippen LogP contribution in [-0.2, 0) is 14.8 Å². The molecule has 0 aliphatic carbocycles. The summed E-state index contributed by atoms with van der Waals surface area (Å²) in [5.74, 6) is 0.187. The third-order valence-electron chi connectivity index (χ3n) is 4.56. The highest BCUT2D eigenvalue weighted by Crippen LogP contribution is 2.28. The van der Waals surface area contributed by atoms with Crippen LogP contribution in [0.1, 0.15) is 5.56 Å². The lowest BCUT2D eigenvalue weighted by atomic mass is 10.1. The Balaban J connectivity index is 1.64. The van der Waals surface area contributed by atoms with Crippen LogP contribution in [0, 0.1) is 6.92 Å². The Bertz CT molecular complexity index is 1160. The molecule has 0 aliphatic heterocycles. The van der Waals surface area contributed by atoms with E-state index in [4.69, 9.17) is 16.3 Å². The van der Waals surface area contributed by atoms with Crippen molar-refractivity contribution in [2.75, 3.05) is 30.3 Å². The third kappa shape index (κ3) is 5.43. The van der Waals surface area contributed by atoms with Crippen LogP contribution in [0.4, 0.5) is 5.69 Å². The Labute approximate surface area is 181 Å². The van der Waals surface area contributed by atoms with Gasteiger partial charge in [0.15, 0.2) is 0 Å². The quantitative estimate of drug-likeness (QED) is 0.534. The van der Waals surface area contributed by atoms with Gasteiger partial charge in [-0.25, -0.2) is 8.42 Å². The number of halogens is 1. The molecule has 1 amide bonds. The molecule has 3 rings (SSSR count). The minimum absolute atomic E-state index is 0.234. The molecule has 0 radical (unpaired) electrons. The number of anilines is 1. The maximum absolute atomic E-state index is 12.4. The molecule has 3 aromatic carbocycles. The van der Waals surface area contributed by atoms with Crippen molar-refractivity contribution in [1.29, 1.82) is 0 Å². The second kappa shape index (κ2) is 9.36. The van der Waals surface area contributed by atoms with Crippen LogP contribution in [-0.4, -0.2) is 40.3 Å². The molecule has 0 spiro atoms. The van der Waals surface area contributed by atoms with Gasteiger partial charge in [0.25, 0.3) is 0 Å². The lowest BCUT2D eigenvalue weighted by Gasteiger charge is -2.23. The first-order valence-electron chi connectivity index (χ1n) is 9.37. The summed E-state index contributed by atoms with van der Waals surface area (Å²) in [6.07, 6.45) is 1.09. The third-order valence-corrected chi connectivity index (χ3v) is 6.09. The number of hydrogen-bond donors (Lipinski definition) is 1. The Hall–Kier alpha value is -2.77. The van der Waals surface area contributed by atoms with Gasteiger partial charge in [0.1, 0.15) is 18.9 Å². The Morgan fingerprint density at radius 3 is 2.57 bits per heavy atom. The highest BCUT2D eigenvalue weighted by atomic mass is 35.5. The number of nitrogens with one attached hydrogen (secondary N) is 1. The molecule has 0 fully saturated rings. The maximum atomic E-state index is 12.4. The molecule has 0 atom stereocenters. The summed E-state index contributed by atoms with van der Waals surface area (Å²) in [5, 5.41) is 4.96. The Morgan fingerprint density at radius 2 is 1.83 bits per heavy atom. The molecular formula is C22H23ClN2O4S. The van der Waals surface area contributed by atoms with E-state index >= 15 is 0 Å². The van der Waals surface area contributed by atoms with E-state index in [1.165, 1.54) is 0 Å². The van der Waals surface area contributed by atoms with Crippen LogP contribution in [0.15, 0.2) is 60.7 Å². The van der Waals surface area contributed by atoms with Gasteiger partial charge in [0.2, 0.25) is 15.9 Å². The van der Waals surface area contributed by atoms with Crippen molar-refractivity contribution in [1.82, 2.24) is 5.32 Å². The van der Waals surface area contributed by atoms with E-state index in [1.807, 2.05) is 43.3 Å². The fraction of sp³-hybridized carbons (Fsp3) is 0.227.